The maximum Gasteiger partial charge on any atom is 0.310 e. The van der Waals surface area contributed by atoms with Gasteiger partial charge in [-0.15, -0.1) is 0 Å². The normalized spacial score (nSPS) is 20.2. The van der Waals surface area contributed by atoms with Crippen LogP contribution in [0.2, 0.25) is 0 Å². The molecule has 21 heavy (non-hydrogen) atoms. The standard InChI is InChI=1S/C15H17NO5/c1-19-15(18)11-3-2-6-16(8-11)14(17)10-4-5-12-13(7-10)21-9-20-12/h4-5,7,11H,2-3,6,8-9H2,1H3/t11-/m0/s1. The van der Waals surface area contributed by atoms with Crippen LogP contribution in [-0.2, 0) is 9.53 Å². The predicted molar refractivity (Wildman–Crippen MR) is 73.2 cm³/mol. The number of amides is 1. The van der Waals surface area contributed by atoms with Crippen LogP contribution in [0.1, 0.15) is 23.2 Å². The Morgan fingerprint density at radius 3 is 2.90 bits per heavy atom. The van der Waals surface area contributed by atoms with Crippen molar-refractivity contribution in [3.8, 4) is 11.5 Å². The number of nitrogens with zero attached hydrogens (tertiary/aromatic N) is 1. The molecule has 0 N–H and O–H groups in total. The Balaban J connectivity index is 1.74. The summed E-state index contributed by atoms with van der Waals surface area (Å²) in [5, 5.41) is 0. The molecule has 2 aliphatic rings. The maximum atomic E-state index is 12.5. The molecule has 6 nitrogen and oxygen atoms in total. The van der Waals surface area contributed by atoms with Crippen LogP contribution in [-0.4, -0.2) is 43.8 Å². The molecule has 1 aromatic rings. The second-order valence-electron chi connectivity index (χ2n) is 5.18. The van der Waals surface area contributed by atoms with Gasteiger partial charge in [0, 0.05) is 18.7 Å². The fraction of sp³-hybridized carbons (Fsp3) is 0.467. The number of hydrogen-bond donors (Lipinski definition) is 0. The molecule has 1 atom stereocenters. The lowest BCUT2D eigenvalue weighted by Gasteiger charge is -2.31. The third-order valence-electron chi connectivity index (χ3n) is 3.86. The minimum Gasteiger partial charge on any atom is -0.469 e. The number of hydrogen-bond acceptors (Lipinski definition) is 5. The van der Waals surface area contributed by atoms with Crippen molar-refractivity contribution in [2.24, 2.45) is 5.92 Å². The lowest BCUT2D eigenvalue weighted by molar-refractivity contribution is -0.146. The number of piperidine rings is 1. The zero-order chi connectivity index (χ0) is 14.8. The molecule has 1 amide bonds. The number of ether oxygens (including phenoxy) is 3. The highest BCUT2D eigenvalue weighted by molar-refractivity contribution is 5.95. The van der Waals surface area contributed by atoms with Crippen molar-refractivity contribution in [2.75, 3.05) is 27.0 Å². The number of esters is 1. The molecule has 0 saturated carbocycles. The first-order valence-electron chi connectivity index (χ1n) is 6.96. The SMILES string of the molecule is COC(=O)[C@H]1CCCN(C(=O)c2ccc3c(c2)OCO3)C1. The smallest absolute Gasteiger partial charge is 0.310 e. The number of fused-ring (bicyclic) bond motifs is 1. The molecule has 0 aromatic heterocycles. The van der Waals surface area contributed by atoms with E-state index in [1.165, 1.54) is 7.11 Å². The Morgan fingerprint density at radius 2 is 2.10 bits per heavy atom. The third-order valence-corrected chi connectivity index (χ3v) is 3.86. The van der Waals surface area contributed by atoms with Crippen LogP contribution < -0.4 is 9.47 Å². The van der Waals surface area contributed by atoms with Crippen molar-refractivity contribution in [1.29, 1.82) is 0 Å². The van der Waals surface area contributed by atoms with E-state index < -0.39 is 0 Å². The zero-order valence-electron chi connectivity index (χ0n) is 11.8. The van der Waals surface area contributed by atoms with Gasteiger partial charge in [0.2, 0.25) is 6.79 Å². The second kappa shape index (κ2) is 5.63. The summed E-state index contributed by atoms with van der Waals surface area (Å²) in [5.41, 5.74) is 0.546. The molecule has 0 radical (unpaired) electrons. The highest BCUT2D eigenvalue weighted by Gasteiger charge is 2.30. The number of methoxy groups -OCH3 is 1. The van der Waals surface area contributed by atoms with E-state index in [4.69, 9.17) is 14.2 Å². The maximum absolute atomic E-state index is 12.5. The highest BCUT2D eigenvalue weighted by atomic mass is 16.7. The highest BCUT2D eigenvalue weighted by Crippen LogP contribution is 2.33. The molecule has 112 valence electrons. The topological polar surface area (TPSA) is 65.1 Å². The van der Waals surface area contributed by atoms with E-state index in [1.54, 1.807) is 23.1 Å². The average molecular weight is 291 g/mol. The summed E-state index contributed by atoms with van der Waals surface area (Å²) in [5.74, 6) is 0.654. The molecular formula is C15H17NO5. The first-order valence-corrected chi connectivity index (χ1v) is 6.96. The van der Waals surface area contributed by atoms with Crippen molar-refractivity contribution in [3.05, 3.63) is 23.8 Å². The lowest BCUT2D eigenvalue weighted by Crippen LogP contribution is -2.42. The Bertz CT molecular complexity index is 571. The molecule has 0 aliphatic carbocycles. The van der Waals surface area contributed by atoms with Crippen LogP contribution in [0.3, 0.4) is 0 Å². The Kier molecular flexibility index (Phi) is 3.68. The van der Waals surface area contributed by atoms with Gasteiger partial charge in [0.25, 0.3) is 5.91 Å². The summed E-state index contributed by atoms with van der Waals surface area (Å²) in [4.78, 5) is 25.9. The van der Waals surface area contributed by atoms with Crippen LogP contribution in [0.15, 0.2) is 18.2 Å². The summed E-state index contributed by atoms with van der Waals surface area (Å²) in [6.45, 7) is 1.24. The first-order chi connectivity index (χ1) is 10.2. The van der Waals surface area contributed by atoms with Crippen LogP contribution in [0.5, 0.6) is 11.5 Å². The van der Waals surface area contributed by atoms with E-state index in [9.17, 15) is 9.59 Å². The van der Waals surface area contributed by atoms with Gasteiger partial charge >= 0.3 is 5.97 Å². The summed E-state index contributed by atoms with van der Waals surface area (Å²) >= 11 is 0. The number of benzene rings is 1. The van der Waals surface area contributed by atoms with Crippen molar-refractivity contribution in [2.45, 2.75) is 12.8 Å². The molecule has 0 spiro atoms. The molecule has 1 fully saturated rings. The molecule has 6 heteroatoms. The summed E-state index contributed by atoms with van der Waals surface area (Å²) in [6, 6.07) is 5.14. The first kappa shape index (κ1) is 13.7. The van der Waals surface area contributed by atoms with E-state index >= 15 is 0 Å². The van der Waals surface area contributed by atoms with Crippen LogP contribution in [0.4, 0.5) is 0 Å². The quantitative estimate of drug-likeness (QED) is 0.771. The van der Waals surface area contributed by atoms with Crippen molar-refractivity contribution >= 4 is 11.9 Å². The van der Waals surface area contributed by atoms with Gasteiger partial charge in [0.05, 0.1) is 13.0 Å². The Hall–Kier alpha value is -2.24. The molecular weight excluding hydrogens is 274 g/mol. The van der Waals surface area contributed by atoms with E-state index in [-0.39, 0.29) is 24.6 Å². The van der Waals surface area contributed by atoms with Gasteiger partial charge in [-0.3, -0.25) is 9.59 Å². The minimum atomic E-state index is -0.252. The fourth-order valence-electron chi connectivity index (χ4n) is 2.73. The van der Waals surface area contributed by atoms with Gasteiger partial charge < -0.3 is 19.1 Å². The molecule has 3 rings (SSSR count). The van der Waals surface area contributed by atoms with E-state index in [2.05, 4.69) is 0 Å². The second-order valence-corrected chi connectivity index (χ2v) is 5.18. The van der Waals surface area contributed by atoms with E-state index in [0.29, 0.717) is 30.2 Å². The van der Waals surface area contributed by atoms with Crippen LogP contribution in [0, 0.1) is 5.92 Å². The number of likely N-dealkylation sites (tertiary alicyclic amines) is 1. The monoisotopic (exact) mass is 291 g/mol. The number of rotatable bonds is 2. The number of carbonyl (C=O) groups excluding carboxylic acids is 2. The minimum absolute atomic E-state index is 0.0955. The molecule has 1 saturated heterocycles. The molecule has 0 bridgehead atoms. The summed E-state index contributed by atoms with van der Waals surface area (Å²) < 4.78 is 15.3. The van der Waals surface area contributed by atoms with Gasteiger partial charge in [-0.2, -0.15) is 0 Å². The lowest BCUT2D eigenvalue weighted by atomic mass is 9.97. The largest absolute Gasteiger partial charge is 0.469 e. The van der Waals surface area contributed by atoms with Gasteiger partial charge in [0.1, 0.15) is 0 Å². The van der Waals surface area contributed by atoms with E-state index in [0.717, 1.165) is 12.8 Å². The Labute approximate surface area is 122 Å². The average Bonchev–Trinajstić information content (AvgIpc) is 3.01. The van der Waals surface area contributed by atoms with Gasteiger partial charge in [-0.1, -0.05) is 0 Å². The molecule has 1 aromatic carbocycles. The third kappa shape index (κ3) is 2.66. The predicted octanol–water partition coefficient (Wildman–Crippen LogP) is 1.44. The van der Waals surface area contributed by atoms with E-state index in [1.807, 2.05) is 0 Å². The summed E-state index contributed by atoms with van der Waals surface area (Å²) in [7, 11) is 1.38. The van der Waals surface area contributed by atoms with Gasteiger partial charge in [-0.05, 0) is 31.0 Å². The van der Waals surface area contributed by atoms with Crippen LogP contribution >= 0.6 is 0 Å². The van der Waals surface area contributed by atoms with Crippen molar-refractivity contribution < 1.29 is 23.8 Å². The van der Waals surface area contributed by atoms with Crippen molar-refractivity contribution in [1.82, 2.24) is 4.90 Å². The van der Waals surface area contributed by atoms with Crippen molar-refractivity contribution in [3.63, 3.8) is 0 Å². The van der Waals surface area contributed by atoms with Gasteiger partial charge in [0.15, 0.2) is 11.5 Å². The van der Waals surface area contributed by atoms with Crippen LogP contribution in [0.25, 0.3) is 0 Å². The summed E-state index contributed by atoms with van der Waals surface area (Å²) in [6.07, 6.45) is 1.56. The molecule has 0 unspecified atom stereocenters. The fourth-order valence-corrected chi connectivity index (χ4v) is 2.73. The molecule has 2 heterocycles. The number of carbonyl (C=O) groups is 2. The Morgan fingerprint density at radius 1 is 1.29 bits per heavy atom. The van der Waals surface area contributed by atoms with Gasteiger partial charge in [-0.25, -0.2) is 0 Å². The molecule has 2 aliphatic heterocycles. The zero-order valence-corrected chi connectivity index (χ0v) is 11.8.